The number of anilines is 1. The van der Waals surface area contributed by atoms with E-state index in [4.69, 9.17) is 11.6 Å². The fourth-order valence-corrected chi connectivity index (χ4v) is 2.30. The molecule has 0 radical (unpaired) electrons. The molecule has 1 aromatic heterocycles. The third-order valence-corrected chi connectivity index (χ3v) is 3.64. The molecule has 1 aromatic carbocycles. The Kier molecular flexibility index (Phi) is 5.73. The first-order valence-electron chi connectivity index (χ1n) is 6.38. The minimum absolute atomic E-state index is 0.121. The van der Waals surface area contributed by atoms with Crippen molar-refractivity contribution in [1.82, 2.24) is 9.88 Å². The van der Waals surface area contributed by atoms with E-state index < -0.39 is 0 Å². The molecule has 0 spiro atoms. The minimum Gasteiger partial charge on any atom is -0.322 e. The van der Waals surface area contributed by atoms with Crippen LogP contribution in [0.15, 0.2) is 47.1 Å². The van der Waals surface area contributed by atoms with Gasteiger partial charge in [-0.1, -0.05) is 39.7 Å². The van der Waals surface area contributed by atoms with Crippen molar-refractivity contribution in [2.24, 2.45) is 0 Å². The lowest BCUT2D eigenvalue weighted by atomic mass is 10.2. The van der Waals surface area contributed by atoms with Gasteiger partial charge in [-0.3, -0.25) is 9.69 Å². The monoisotopic (exact) mass is 367 g/mol. The van der Waals surface area contributed by atoms with Gasteiger partial charge in [0.15, 0.2) is 5.15 Å². The van der Waals surface area contributed by atoms with Crippen LogP contribution in [0.1, 0.15) is 5.56 Å². The van der Waals surface area contributed by atoms with E-state index in [2.05, 4.69) is 26.2 Å². The quantitative estimate of drug-likeness (QED) is 0.821. The highest BCUT2D eigenvalue weighted by atomic mass is 79.9. The van der Waals surface area contributed by atoms with Crippen LogP contribution in [0.3, 0.4) is 0 Å². The van der Waals surface area contributed by atoms with E-state index in [9.17, 15) is 4.79 Å². The topological polar surface area (TPSA) is 45.2 Å². The van der Waals surface area contributed by atoms with Gasteiger partial charge < -0.3 is 5.32 Å². The molecule has 6 heteroatoms. The van der Waals surface area contributed by atoms with Crippen LogP contribution in [0.2, 0.25) is 5.15 Å². The largest absolute Gasteiger partial charge is 0.322 e. The number of hydrogen-bond donors (Lipinski definition) is 1. The third-order valence-electron chi connectivity index (χ3n) is 2.81. The maximum Gasteiger partial charge on any atom is 0.238 e. The molecule has 110 valence electrons. The van der Waals surface area contributed by atoms with Crippen LogP contribution in [0, 0.1) is 0 Å². The maximum atomic E-state index is 12.0. The summed E-state index contributed by atoms with van der Waals surface area (Å²) in [7, 11) is 1.90. The molecule has 0 aliphatic carbocycles. The highest BCUT2D eigenvalue weighted by molar-refractivity contribution is 9.10. The lowest BCUT2D eigenvalue weighted by molar-refractivity contribution is -0.117. The Bertz CT molecular complexity index is 619. The number of halogens is 2. The van der Waals surface area contributed by atoms with Gasteiger partial charge in [0.25, 0.3) is 0 Å². The zero-order valence-corrected chi connectivity index (χ0v) is 13.9. The zero-order chi connectivity index (χ0) is 15.2. The average Bonchev–Trinajstić information content (AvgIpc) is 2.44. The fourth-order valence-electron chi connectivity index (χ4n) is 1.87. The van der Waals surface area contributed by atoms with Gasteiger partial charge in [0, 0.05) is 17.2 Å². The second kappa shape index (κ2) is 7.54. The molecule has 1 amide bonds. The Morgan fingerprint density at radius 2 is 2.05 bits per heavy atom. The number of carbonyl (C=O) groups is 1. The van der Waals surface area contributed by atoms with E-state index in [0.29, 0.717) is 17.4 Å². The Morgan fingerprint density at radius 3 is 2.71 bits per heavy atom. The Hall–Kier alpha value is -1.43. The fraction of sp³-hybridized carbons (Fsp3) is 0.200. The summed E-state index contributed by atoms with van der Waals surface area (Å²) in [6.45, 7) is 0.975. The van der Waals surface area contributed by atoms with Gasteiger partial charge in [-0.25, -0.2) is 4.98 Å². The number of nitrogens with zero attached hydrogens (tertiary/aromatic N) is 2. The van der Waals surface area contributed by atoms with Crippen molar-refractivity contribution >= 4 is 39.1 Å². The van der Waals surface area contributed by atoms with Gasteiger partial charge in [0.2, 0.25) is 5.91 Å². The lowest BCUT2D eigenvalue weighted by Gasteiger charge is -2.16. The van der Waals surface area contributed by atoms with Crippen molar-refractivity contribution in [2.75, 3.05) is 18.9 Å². The molecule has 1 heterocycles. The number of hydrogen-bond acceptors (Lipinski definition) is 3. The molecule has 0 atom stereocenters. The van der Waals surface area contributed by atoms with Gasteiger partial charge in [-0.2, -0.15) is 0 Å². The summed E-state index contributed by atoms with van der Waals surface area (Å²) in [6, 6.07) is 11.5. The van der Waals surface area contributed by atoms with Gasteiger partial charge in [0.05, 0.1) is 12.2 Å². The van der Waals surface area contributed by atoms with Gasteiger partial charge in [-0.05, 0) is 36.9 Å². The molecule has 2 aromatic rings. The molecule has 4 nitrogen and oxygen atoms in total. The van der Waals surface area contributed by atoms with Crippen molar-refractivity contribution in [3.63, 3.8) is 0 Å². The molecule has 0 aliphatic heterocycles. The lowest BCUT2D eigenvalue weighted by Crippen LogP contribution is -2.29. The predicted molar refractivity (Wildman–Crippen MR) is 88.4 cm³/mol. The number of likely N-dealkylation sites (N-methyl/N-ethyl adjacent to an activating group) is 1. The van der Waals surface area contributed by atoms with Crippen molar-refractivity contribution in [1.29, 1.82) is 0 Å². The molecule has 0 unspecified atom stereocenters. The number of aromatic nitrogens is 1. The summed E-state index contributed by atoms with van der Waals surface area (Å²) >= 11 is 9.31. The molecular weight excluding hydrogens is 354 g/mol. The molecule has 1 N–H and O–H groups in total. The van der Waals surface area contributed by atoms with Gasteiger partial charge in [-0.15, -0.1) is 0 Å². The van der Waals surface area contributed by atoms with Crippen LogP contribution in [0.25, 0.3) is 0 Å². The molecule has 0 fully saturated rings. The second-order valence-electron chi connectivity index (χ2n) is 4.69. The summed E-state index contributed by atoms with van der Waals surface area (Å²) in [5, 5.41) is 3.05. The first-order chi connectivity index (χ1) is 10.0. The number of rotatable bonds is 5. The van der Waals surface area contributed by atoms with Crippen LogP contribution < -0.4 is 5.32 Å². The molecule has 0 saturated carbocycles. The first-order valence-corrected chi connectivity index (χ1v) is 7.55. The molecule has 21 heavy (non-hydrogen) atoms. The predicted octanol–water partition coefficient (Wildman–Crippen LogP) is 3.57. The summed E-state index contributed by atoms with van der Waals surface area (Å²) in [4.78, 5) is 17.8. The van der Waals surface area contributed by atoms with Crippen molar-refractivity contribution in [3.05, 3.63) is 57.8 Å². The Labute approximate surface area is 137 Å². The van der Waals surface area contributed by atoms with Crippen LogP contribution in [0.5, 0.6) is 0 Å². The minimum atomic E-state index is -0.121. The number of amides is 1. The summed E-state index contributed by atoms with van der Waals surface area (Å²) < 4.78 is 1.04. The van der Waals surface area contributed by atoms with E-state index >= 15 is 0 Å². The van der Waals surface area contributed by atoms with E-state index in [0.717, 1.165) is 10.0 Å². The van der Waals surface area contributed by atoms with E-state index in [-0.39, 0.29) is 12.5 Å². The van der Waals surface area contributed by atoms with Crippen molar-refractivity contribution in [3.8, 4) is 0 Å². The Balaban J connectivity index is 1.87. The summed E-state index contributed by atoms with van der Waals surface area (Å²) in [5.41, 5.74) is 1.68. The molecular formula is C15H15BrClN3O. The number of nitrogens with one attached hydrogen (secondary N) is 1. The highest BCUT2D eigenvalue weighted by Crippen LogP contribution is 2.17. The Morgan fingerprint density at radius 1 is 1.33 bits per heavy atom. The van der Waals surface area contributed by atoms with Gasteiger partial charge >= 0.3 is 0 Å². The van der Waals surface area contributed by atoms with E-state index in [1.807, 2.05) is 36.2 Å². The van der Waals surface area contributed by atoms with Crippen LogP contribution in [-0.4, -0.2) is 29.4 Å². The van der Waals surface area contributed by atoms with E-state index in [1.54, 1.807) is 18.3 Å². The summed E-state index contributed by atoms with van der Waals surface area (Å²) in [6.07, 6.45) is 1.58. The summed E-state index contributed by atoms with van der Waals surface area (Å²) in [5.74, 6) is -0.121. The normalized spacial score (nSPS) is 10.7. The SMILES string of the molecule is CN(CC(=O)Nc1cccnc1Cl)Cc1ccc(Br)cc1. The number of carbonyl (C=O) groups excluding carboxylic acids is 1. The molecule has 2 rings (SSSR count). The van der Waals surface area contributed by atoms with E-state index in [1.165, 1.54) is 0 Å². The second-order valence-corrected chi connectivity index (χ2v) is 5.96. The smallest absolute Gasteiger partial charge is 0.238 e. The van der Waals surface area contributed by atoms with Gasteiger partial charge in [0.1, 0.15) is 0 Å². The van der Waals surface area contributed by atoms with Crippen LogP contribution in [0.4, 0.5) is 5.69 Å². The third kappa shape index (κ3) is 5.12. The molecule has 0 bridgehead atoms. The highest BCUT2D eigenvalue weighted by Gasteiger charge is 2.09. The first kappa shape index (κ1) is 15.9. The molecule has 0 aliphatic rings. The number of pyridine rings is 1. The van der Waals surface area contributed by atoms with Crippen LogP contribution >= 0.6 is 27.5 Å². The zero-order valence-electron chi connectivity index (χ0n) is 11.5. The maximum absolute atomic E-state index is 12.0. The van der Waals surface area contributed by atoms with Crippen molar-refractivity contribution in [2.45, 2.75) is 6.54 Å². The average molecular weight is 369 g/mol. The number of benzene rings is 1. The van der Waals surface area contributed by atoms with Crippen molar-refractivity contribution < 1.29 is 4.79 Å². The molecule has 0 saturated heterocycles. The van der Waals surface area contributed by atoms with Crippen LogP contribution in [-0.2, 0) is 11.3 Å². The standard InChI is InChI=1S/C15H15BrClN3O/c1-20(9-11-4-6-12(16)7-5-11)10-14(21)19-13-3-2-8-18-15(13)17/h2-8H,9-10H2,1H3,(H,19,21).